The Bertz CT molecular complexity index is 1350. The number of hydrogen-bond donors (Lipinski definition) is 4. The van der Waals surface area contributed by atoms with E-state index in [2.05, 4.69) is 15.0 Å². The fraction of sp³-hybridized carbons (Fsp3) is 0.421. The molecule has 200 valence electrons. The SMILES string of the molecule is COc1ccc(COP(=O)(O)OC[C@H]2O[C@@H](n3cnc4c(N)ncnc43)[C@H](O)[C@@H]2O)c([N+](=O)[O-])c1OC. The molecule has 5 N–H and O–H groups in total. The molecule has 0 amide bonds. The molecule has 1 saturated heterocycles. The van der Waals surface area contributed by atoms with Crippen molar-refractivity contribution in [3.8, 4) is 11.5 Å². The number of fused-ring (bicyclic) bond motifs is 1. The monoisotopic (exact) mass is 542 g/mol. The van der Waals surface area contributed by atoms with Crippen LogP contribution >= 0.6 is 7.82 Å². The Morgan fingerprint density at radius 1 is 1.19 bits per heavy atom. The lowest BCUT2D eigenvalue weighted by Gasteiger charge is -2.18. The maximum atomic E-state index is 12.5. The van der Waals surface area contributed by atoms with Crippen molar-refractivity contribution in [1.82, 2.24) is 19.5 Å². The van der Waals surface area contributed by atoms with E-state index in [4.69, 9.17) is 29.0 Å². The van der Waals surface area contributed by atoms with E-state index in [0.717, 1.165) is 0 Å². The molecule has 1 aromatic carbocycles. The summed E-state index contributed by atoms with van der Waals surface area (Å²) in [5.74, 6) is -0.00436. The first-order valence-corrected chi connectivity index (χ1v) is 12.0. The van der Waals surface area contributed by atoms with Gasteiger partial charge in [-0.3, -0.25) is 23.7 Å². The van der Waals surface area contributed by atoms with Crippen LogP contribution in [0.2, 0.25) is 0 Å². The van der Waals surface area contributed by atoms with E-state index in [-0.39, 0.29) is 34.0 Å². The van der Waals surface area contributed by atoms with Gasteiger partial charge in [0.05, 0.1) is 44.2 Å². The molecule has 1 aliphatic rings. The van der Waals surface area contributed by atoms with Gasteiger partial charge in [0.15, 0.2) is 23.4 Å². The lowest BCUT2D eigenvalue weighted by Crippen LogP contribution is -2.33. The summed E-state index contributed by atoms with van der Waals surface area (Å²) in [5.41, 5.74) is 5.65. The molecule has 1 fully saturated rings. The smallest absolute Gasteiger partial charge is 0.472 e. The zero-order valence-electron chi connectivity index (χ0n) is 19.4. The van der Waals surface area contributed by atoms with Gasteiger partial charge in [-0.15, -0.1) is 0 Å². The van der Waals surface area contributed by atoms with Crippen molar-refractivity contribution in [3.63, 3.8) is 0 Å². The van der Waals surface area contributed by atoms with Gasteiger partial charge < -0.3 is 35.1 Å². The number of ether oxygens (including phenoxy) is 3. The summed E-state index contributed by atoms with van der Waals surface area (Å²) in [6.07, 6.45) is -2.94. The minimum atomic E-state index is -4.80. The maximum absolute atomic E-state index is 12.5. The number of aliphatic hydroxyl groups is 2. The second kappa shape index (κ2) is 10.5. The largest absolute Gasteiger partial charge is 0.493 e. The average Bonchev–Trinajstić information content (AvgIpc) is 3.42. The van der Waals surface area contributed by atoms with E-state index in [1.165, 1.54) is 43.6 Å². The van der Waals surface area contributed by atoms with Gasteiger partial charge in [-0.2, -0.15) is 0 Å². The van der Waals surface area contributed by atoms with Gasteiger partial charge in [-0.1, -0.05) is 0 Å². The van der Waals surface area contributed by atoms with Crippen molar-refractivity contribution in [1.29, 1.82) is 0 Å². The second-order valence-electron chi connectivity index (χ2n) is 7.73. The highest BCUT2D eigenvalue weighted by Gasteiger charge is 2.45. The molecule has 3 aromatic rings. The number of aromatic nitrogens is 4. The fourth-order valence-corrected chi connectivity index (χ4v) is 4.49. The van der Waals surface area contributed by atoms with Gasteiger partial charge in [0.2, 0.25) is 5.75 Å². The number of anilines is 1. The number of phosphoric acid groups is 1. The Morgan fingerprint density at radius 3 is 2.62 bits per heavy atom. The van der Waals surface area contributed by atoms with Crippen LogP contribution in [0.5, 0.6) is 11.5 Å². The summed E-state index contributed by atoms with van der Waals surface area (Å²) in [5, 5.41) is 32.4. The Balaban J connectivity index is 1.43. The second-order valence-corrected chi connectivity index (χ2v) is 9.19. The number of nitrogen functional groups attached to an aromatic ring is 1. The quantitative estimate of drug-likeness (QED) is 0.153. The third-order valence-electron chi connectivity index (χ3n) is 5.57. The third kappa shape index (κ3) is 5.19. The molecular formula is C19H23N6O11P. The molecule has 5 atom stereocenters. The third-order valence-corrected chi connectivity index (χ3v) is 6.50. The molecule has 17 nitrogen and oxygen atoms in total. The molecule has 2 aromatic heterocycles. The molecule has 0 spiro atoms. The Hall–Kier alpha value is -3.44. The van der Waals surface area contributed by atoms with Crippen LogP contribution in [0.4, 0.5) is 11.5 Å². The van der Waals surface area contributed by atoms with E-state index < -0.39 is 56.2 Å². The summed E-state index contributed by atoms with van der Waals surface area (Å²) in [6.45, 7) is -1.35. The number of nitrogens with two attached hydrogens (primary N) is 1. The molecule has 0 radical (unpaired) electrons. The molecule has 37 heavy (non-hydrogen) atoms. The lowest BCUT2D eigenvalue weighted by atomic mass is 10.1. The fourth-order valence-electron chi connectivity index (χ4n) is 3.78. The van der Waals surface area contributed by atoms with Crippen LogP contribution < -0.4 is 15.2 Å². The van der Waals surface area contributed by atoms with E-state index in [0.29, 0.717) is 0 Å². The number of rotatable bonds is 10. The Labute approximate surface area is 208 Å². The zero-order valence-corrected chi connectivity index (χ0v) is 20.3. The van der Waals surface area contributed by atoms with E-state index in [1.807, 2.05) is 0 Å². The number of nitro benzene ring substituents is 1. The Kier molecular flexibility index (Phi) is 7.56. The number of methoxy groups -OCH3 is 2. The van der Waals surface area contributed by atoms with Gasteiger partial charge >= 0.3 is 13.5 Å². The molecule has 1 unspecified atom stereocenters. The summed E-state index contributed by atoms with van der Waals surface area (Å²) in [4.78, 5) is 32.9. The molecule has 0 saturated carbocycles. The number of nitro groups is 1. The van der Waals surface area contributed by atoms with Crippen LogP contribution in [0.15, 0.2) is 24.8 Å². The number of aliphatic hydroxyl groups excluding tert-OH is 2. The number of phosphoric ester groups is 1. The van der Waals surface area contributed by atoms with Crippen molar-refractivity contribution < 1.29 is 47.9 Å². The first-order chi connectivity index (χ1) is 17.6. The van der Waals surface area contributed by atoms with Crippen molar-refractivity contribution in [2.45, 2.75) is 31.1 Å². The summed E-state index contributed by atoms with van der Waals surface area (Å²) < 4.78 is 39.3. The number of nitrogens with zero attached hydrogens (tertiary/aromatic N) is 5. The molecule has 1 aliphatic heterocycles. The number of imidazole rings is 1. The molecule has 3 heterocycles. The first-order valence-electron chi connectivity index (χ1n) is 10.5. The first kappa shape index (κ1) is 26.6. The van der Waals surface area contributed by atoms with Crippen LogP contribution in [0.1, 0.15) is 11.8 Å². The number of hydrogen-bond acceptors (Lipinski definition) is 14. The van der Waals surface area contributed by atoms with Gasteiger partial charge in [0.1, 0.15) is 30.2 Å². The summed E-state index contributed by atoms with van der Waals surface area (Å²) in [6, 6.07) is 2.65. The van der Waals surface area contributed by atoms with Crippen LogP contribution in [0.3, 0.4) is 0 Å². The predicted octanol–water partition coefficient (Wildman–Crippen LogP) is 0.287. The summed E-state index contributed by atoms with van der Waals surface area (Å²) in [7, 11) is -2.29. The highest BCUT2D eigenvalue weighted by atomic mass is 31.2. The lowest BCUT2D eigenvalue weighted by molar-refractivity contribution is -0.386. The van der Waals surface area contributed by atoms with E-state index in [1.54, 1.807) is 0 Å². The predicted molar refractivity (Wildman–Crippen MR) is 122 cm³/mol. The maximum Gasteiger partial charge on any atom is 0.472 e. The van der Waals surface area contributed by atoms with Crippen molar-refractivity contribution in [3.05, 3.63) is 40.5 Å². The zero-order chi connectivity index (χ0) is 26.9. The normalized spacial score (nSPS) is 23.2. The van der Waals surface area contributed by atoms with Gasteiger partial charge in [0, 0.05) is 0 Å². The van der Waals surface area contributed by atoms with Crippen LogP contribution in [0, 0.1) is 10.1 Å². The molecule has 4 rings (SSSR count). The van der Waals surface area contributed by atoms with Crippen molar-refractivity contribution in [2.24, 2.45) is 0 Å². The van der Waals surface area contributed by atoms with E-state index >= 15 is 0 Å². The molecule has 0 bridgehead atoms. The van der Waals surface area contributed by atoms with Gasteiger partial charge in [0.25, 0.3) is 0 Å². The van der Waals surface area contributed by atoms with Crippen molar-refractivity contribution in [2.75, 3.05) is 26.6 Å². The van der Waals surface area contributed by atoms with Gasteiger partial charge in [-0.05, 0) is 12.1 Å². The van der Waals surface area contributed by atoms with Crippen molar-refractivity contribution >= 4 is 30.5 Å². The molecule has 18 heteroatoms. The average molecular weight is 542 g/mol. The molecular weight excluding hydrogens is 519 g/mol. The number of benzene rings is 1. The minimum absolute atomic E-state index is 0.0820. The standard InChI is InChI=1S/C19H23N6O11P/c1-32-10-4-3-9(13(25(28)29)16(10)33-2)5-34-37(30,31)35-6-11-14(26)15(27)19(36-11)24-8-23-12-17(20)21-7-22-18(12)24/h3-4,7-8,11,14-15,19,26-27H,5-6H2,1-2H3,(H,30,31)(H2,20,21,22)/t11-,14-,15-,19-/m1/s1. The van der Waals surface area contributed by atoms with E-state index in [9.17, 15) is 29.8 Å². The van der Waals surface area contributed by atoms with Crippen LogP contribution in [0.25, 0.3) is 11.2 Å². The van der Waals surface area contributed by atoms with Crippen LogP contribution in [-0.4, -0.2) is 78.7 Å². The highest BCUT2D eigenvalue weighted by molar-refractivity contribution is 7.47. The Morgan fingerprint density at radius 2 is 1.95 bits per heavy atom. The van der Waals surface area contributed by atoms with Gasteiger partial charge in [-0.25, -0.2) is 19.5 Å². The van der Waals surface area contributed by atoms with Crippen LogP contribution in [-0.2, 0) is 25.0 Å². The summed E-state index contributed by atoms with van der Waals surface area (Å²) >= 11 is 0. The topological polar surface area (TPSA) is 237 Å². The highest BCUT2D eigenvalue weighted by Crippen LogP contribution is 2.47. The molecule has 0 aliphatic carbocycles. The minimum Gasteiger partial charge on any atom is -0.493 e.